The standard InChI is InChI=1S/C15H13ClN2O/c16-13-6-4-12(5-7-13)14(8-10-17-11-19)15-3-1-2-9-18-15/h1-7,9,14H,8,10H2. The Morgan fingerprint density at radius 2 is 2.00 bits per heavy atom. The molecule has 0 saturated carbocycles. The third-order valence-electron chi connectivity index (χ3n) is 2.91. The molecule has 2 rings (SSSR count). The Kier molecular flexibility index (Phi) is 4.85. The topological polar surface area (TPSA) is 42.3 Å². The molecule has 0 saturated heterocycles. The highest BCUT2D eigenvalue weighted by Gasteiger charge is 2.14. The van der Waals surface area contributed by atoms with Crippen molar-refractivity contribution in [3.63, 3.8) is 0 Å². The fraction of sp³-hybridized carbons (Fsp3) is 0.200. The number of carbonyl (C=O) groups excluding carboxylic acids is 1. The summed E-state index contributed by atoms with van der Waals surface area (Å²) in [6, 6.07) is 13.5. The monoisotopic (exact) mass is 272 g/mol. The number of aliphatic imine (C=N–C) groups is 1. The first-order valence-corrected chi connectivity index (χ1v) is 6.39. The zero-order chi connectivity index (χ0) is 13.5. The van der Waals surface area contributed by atoms with Gasteiger partial charge in [0, 0.05) is 22.8 Å². The van der Waals surface area contributed by atoms with E-state index < -0.39 is 0 Å². The van der Waals surface area contributed by atoms with E-state index in [1.54, 1.807) is 12.3 Å². The molecule has 0 spiro atoms. The van der Waals surface area contributed by atoms with Crippen LogP contribution in [0.4, 0.5) is 0 Å². The van der Waals surface area contributed by atoms with E-state index in [1.807, 2.05) is 42.5 Å². The van der Waals surface area contributed by atoms with Gasteiger partial charge in [-0.25, -0.2) is 9.79 Å². The second kappa shape index (κ2) is 6.83. The zero-order valence-corrected chi connectivity index (χ0v) is 11.0. The normalized spacial score (nSPS) is 11.6. The Bertz CT molecular complexity index is 562. The van der Waals surface area contributed by atoms with Crippen LogP contribution in [0.15, 0.2) is 53.7 Å². The van der Waals surface area contributed by atoms with Gasteiger partial charge in [-0.15, -0.1) is 0 Å². The summed E-state index contributed by atoms with van der Waals surface area (Å²) < 4.78 is 0. The van der Waals surface area contributed by atoms with Gasteiger partial charge < -0.3 is 0 Å². The molecule has 0 amide bonds. The van der Waals surface area contributed by atoms with Crippen LogP contribution in [-0.4, -0.2) is 17.6 Å². The highest BCUT2D eigenvalue weighted by Crippen LogP contribution is 2.27. The predicted octanol–water partition coefficient (Wildman–Crippen LogP) is 3.59. The summed E-state index contributed by atoms with van der Waals surface area (Å²) in [4.78, 5) is 18.2. The second-order valence-corrected chi connectivity index (χ2v) is 4.56. The maximum atomic E-state index is 10.2. The van der Waals surface area contributed by atoms with Crippen molar-refractivity contribution in [3.8, 4) is 0 Å². The minimum Gasteiger partial charge on any atom is -0.261 e. The molecule has 96 valence electrons. The quantitative estimate of drug-likeness (QED) is 0.616. The first-order chi connectivity index (χ1) is 9.31. The van der Waals surface area contributed by atoms with Crippen molar-refractivity contribution in [2.45, 2.75) is 12.3 Å². The molecule has 0 bridgehead atoms. The van der Waals surface area contributed by atoms with Crippen molar-refractivity contribution in [1.82, 2.24) is 4.98 Å². The number of halogens is 1. The summed E-state index contributed by atoms with van der Waals surface area (Å²) in [6.45, 7) is 0.438. The number of pyridine rings is 1. The average Bonchev–Trinajstić information content (AvgIpc) is 2.46. The maximum absolute atomic E-state index is 10.2. The van der Waals surface area contributed by atoms with E-state index in [2.05, 4.69) is 9.98 Å². The summed E-state index contributed by atoms with van der Waals surface area (Å²) in [5.74, 6) is 0.107. The van der Waals surface area contributed by atoms with Crippen LogP contribution in [0.25, 0.3) is 0 Å². The Morgan fingerprint density at radius 3 is 2.63 bits per heavy atom. The minimum absolute atomic E-state index is 0.107. The number of hydrogen-bond acceptors (Lipinski definition) is 3. The number of rotatable bonds is 5. The van der Waals surface area contributed by atoms with E-state index in [9.17, 15) is 4.79 Å². The molecule has 0 N–H and O–H groups in total. The van der Waals surface area contributed by atoms with Crippen molar-refractivity contribution < 1.29 is 4.79 Å². The molecule has 1 aromatic carbocycles. The zero-order valence-electron chi connectivity index (χ0n) is 10.3. The van der Waals surface area contributed by atoms with Crippen LogP contribution in [0.1, 0.15) is 23.6 Å². The van der Waals surface area contributed by atoms with E-state index >= 15 is 0 Å². The van der Waals surface area contributed by atoms with Crippen LogP contribution in [-0.2, 0) is 4.79 Å². The van der Waals surface area contributed by atoms with Crippen LogP contribution in [0.2, 0.25) is 5.02 Å². The van der Waals surface area contributed by atoms with Crippen LogP contribution in [0.5, 0.6) is 0 Å². The van der Waals surface area contributed by atoms with Crippen molar-refractivity contribution in [2.24, 2.45) is 4.99 Å². The van der Waals surface area contributed by atoms with Gasteiger partial charge in [-0.05, 0) is 36.2 Å². The van der Waals surface area contributed by atoms with Gasteiger partial charge >= 0.3 is 0 Å². The summed E-state index contributed by atoms with van der Waals surface area (Å²) in [5.41, 5.74) is 2.08. The summed E-state index contributed by atoms with van der Waals surface area (Å²) in [5, 5.41) is 0.703. The molecule has 3 nitrogen and oxygen atoms in total. The van der Waals surface area contributed by atoms with Gasteiger partial charge in [0.2, 0.25) is 6.08 Å². The third-order valence-corrected chi connectivity index (χ3v) is 3.16. The number of hydrogen-bond donors (Lipinski definition) is 0. The molecule has 1 atom stereocenters. The lowest BCUT2D eigenvalue weighted by Gasteiger charge is -2.15. The van der Waals surface area contributed by atoms with Gasteiger partial charge in [-0.2, -0.15) is 0 Å². The number of nitrogens with zero attached hydrogens (tertiary/aromatic N) is 2. The minimum atomic E-state index is 0.107. The summed E-state index contributed by atoms with van der Waals surface area (Å²) in [7, 11) is 0. The van der Waals surface area contributed by atoms with Gasteiger partial charge in [0.15, 0.2) is 0 Å². The van der Waals surface area contributed by atoms with Crippen LogP contribution >= 0.6 is 11.6 Å². The van der Waals surface area contributed by atoms with E-state index in [0.29, 0.717) is 18.0 Å². The maximum Gasteiger partial charge on any atom is 0.234 e. The largest absolute Gasteiger partial charge is 0.261 e. The molecule has 0 fully saturated rings. The molecule has 0 radical (unpaired) electrons. The number of benzene rings is 1. The smallest absolute Gasteiger partial charge is 0.234 e. The van der Waals surface area contributed by atoms with Gasteiger partial charge in [0.25, 0.3) is 0 Å². The van der Waals surface area contributed by atoms with Gasteiger partial charge in [0.05, 0.1) is 6.54 Å². The van der Waals surface area contributed by atoms with Crippen LogP contribution in [0, 0.1) is 0 Å². The molecule has 2 aromatic rings. The van der Waals surface area contributed by atoms with Crippen LogP contribution < -0.4 is 0 Å². The number of aromatic nitrogens is 1. The molecule has 0 aliphatic carbocycles. The van der Waals surface area contributed by atoms with E-state index in [4.69, 9.17) is 11.6 Å². The van der Waals surface area contributed by atoms with E-state index in [0.717, 1.165) is 11.3 Å². The first kappa shape index (κ1) is 13.5. The Balaban J connectivity index is 2.28. The third kappa shape index (κ3) is 3.75. The molecule has 1 aromatic heterocycles. The Labute approximate surface area is 117 Å². The summed E-state index contributed by atoms with van der Waals surface area (Å²) >= 11 is 5.90. The van der Waals surface area contributed by atoms with Gasteiger partial charge in [0.1, 0.15) is 0 Å². The number of isocyanates is 1. The Morgan fingerprint density at radius 1 is 1.21 bits per heavy atom. The van der Waals surface area contributed by atoms with E-state index in [-0.39, 0.29) is 5.92 Å². The van der Waals surface area contributed by atoms with Crippen molar-refractivity contribution >= 4 is 17.7 Å². The molecule has 4 heteroatoms. The lowest BCUT2D eigenvalue weighted by atomic mass is 9.92. The fourth-order valence-electron chi connectivity index (χ4n) is 2.00. The molecule has 1 unspecified atom stereocenters. The Hall–Kier alpha value is -1.96. The lowest BCUT2D eigenvalue weighted by Crippen LogP contribution is -2.05. The first-order valence-electron chi connectivity index (χ1n) is 6.01. The molecule has 1 heterocycles. The molecular weight excluding hydrogens is 260 g/mol. The van der Waals surface area contributed by atoms with Crippen LogP contribution in [0.3, 0.4) is 0 Å². The van der Waals surface area contributed by atoms with Gasteiger partial charge in [-0.1, -0.05) is 29.8 Å². The molecule has 0 aliphatic rings. The highest BCUT2D eigenvalue weighted by atomic mass is 35.5. The van der Waals surface area contributed by atoms with Crippen molar-refractivity contribution in [2.75, 3.05) is 6.54 Å². The van der Waals surface area contributed by atoms with E-state index in [1.165, 1.54) is 0 Å². The average molecular weight is 273 g/mol. The van der Waals surface area contributed by atoms with Crippen molar-refractivity contribution in [1.29, 1.82) is 0 Å². The summed E-state index contributed by atoms with van der Waals surface area (Å²) in [6.07, 6.45) is 4.05. The highest BCUT2D eigenvalue weighted by molar-refractivity contribution is 6.30. The second-order valence-electron chi connectivity index (χ2n) is 4.12. The fourth-order valence-corrected chi connectivity index (χ4v) is 2.13. The lowest BCUT2D eigenvalue weighted by molar-refractivity contribution is 0.561. The van der Waals surface area contributed by atoms with Gasteiger partial charge in [-0.3, -0.25) is 4.98 Å². The molecule has 0 aliphatic heterocycles. The van der Waals surface area contributed by atoms with Crippen molar-refractivity contribution in [3.05, 3.63) is 64.9 Å². The molecule has 19 heavy (non-hydrogen) atoms. The predicted molar refractivity (Wildman–Crippen MR) is 75.1 cm³/mol. The molecular formula is C15H13ClN2O. The SMILES string of the molecule is O=C=NCCC(c1ccc(Cl)cc1)c1ccccn1.